The van der Waals surface area contributed by atoms with E-state index < -0.39 is 0 Å². The van der Waals surface area contributed by atoms with Crippen molar-refractivity contribution in [3.8, 4) is 0 Å². The van der Waals surface area contributed by atoms with Gasteiger partial charge < -0.3 is 19.9 Å². The minimum Gasteiger partial charge on any atom is -0.459 e. The number of nitrogen functional groups attached to an aromatic ring is 1. The number of rotatable bonds is 2. The van der Waals surface area contributed by atoms with E-state index in [0.29, 0.717) is 17.9 Å². The van der Waals surface area contributed by atoms with Crippen LogP contribution >= 0.6 is 0 Å². The SMILES string of the molecule is Nc1ccc(C(=O)OC2CCOC3(CCOCC3)C2)cc1. The van der Waals surface area contributed by atoms with Crippen LogP contribution in [0.1, 0.15) is 36.0 Å². The third-order valence-corrected chi connectivity index (χ3v) is 4.27. The number of hydrogen-bond donors (Lipinski definition) is 1. The third kappa shape index (κ3) is 3.36. The van der Waals surface area contributed by atoms with Crippen molar-refractivity contribution in [1.29, 1.82) is 0 Å². The van der Waals surface area contributed by atoms with Crippen LogP contribution in [0, 0.1) is 0 Å². The normalized spacial score (nSPS) is 24.7. The van der Waals surface area contributed by atoms with Gasteiger partial charge in [0.1, 0.15) is 6.10 Å². The first-order valence-electron chi connectivity index (χ1n) is 7.45. The molecule has 2 N–H and O–H groups in total. The van der Waals surface area contributed by atoms with Crippen LogP contribution in [-0.4, -0.2) is 37.5 Å². The largest absolute Gasteiger partial charge is 0.459 e. The second kappa shape index (κ2) is 6.03. The molecule has 1 spiro atoms. The Morgan fingerprint density at radius 3 is 2.62 bits per heavy atom. The van der Waals surface area contributed by atoms with Gasteiger partial charge in [-0.3, -0.25) is 0 Å². The lowest BCUT2D eigenvalue weighted by atomic mass is 9.85. The molecule has 2 saturated heterocycles. The molecule has 2 heterocycles. The molecule has 5 nitrogen and oxygen atoms in total. The number of hydrogen-bond acceptors (Lipinski definition) is 5. The van der Waals surface area contributed by atoms with Gasteiger partial charge in [0.25, 0.3) is 0 Å². The molecule has 2 fully saturated rings. The van der Waals surface area contributed by atoms with Gasteiger partial charge in [-0.25, -0.2) is 4.79 Å². The van der Waals surface area contributed by atoms with Gasteiger partial charge in [-0.1, -0.05) is 0 Å². The molecule has 114 valence electrons. The Kier molecular flexibility index (Phi) is 4.12. The molecule has 5 heteroatoms. The van der Waals surface area contributed by atoms with E-state index in [0.717, 1.165) is 38.9 Å². The van der Waals surface area contributed by atoms with Crippen LogP contribution in [0.2, 0.25) is 0 Å². The molecule has 1 atom stereocenters. The second-order valence-electron chi connectivity index (χ2n) is 5.79. The molecule has 1 aromatic carbocycles. The maximum Gasteiger partial charge on any atom is 0.338 e. The van der Waals surface area contributed by atoms with Crippen molar-refractivity contribution in [2.75, 3.05) is 25.6 Å². The topological polar surface area (TPSA) is 70.8 Å². The van der Waals surface area contributed by atoms with E-state index in [1.807, 2.05) is 0 Å². The fourth-order valence-corrected chi connectivity index (χ4v) is 3.01. The first kappa shape index (κ1) is 14.4. The zero-order valence-electron chi connectivity index (χ0n) is 12.0. The summed E-state index contributed by atoms with van der Waals surface area (Å²) in [6.07, 6.45) is 3.19. The molecule has 3 rings (SSSR count). The molecule has 0 saturated carbocycles. The van der Waals surface area contributed by atoms with Crippen LogP contribution in [0.15, 0.2) is 24.3 Å². The summed E-state index contributed by atoms with van der Waals surface area (Å²) in [5, 5.41) is 0. The lowest BCUT2D eigenvalue weighted by Gasteiger charge is -2.42. The Balaban J connectivity index is 1.61. The summed E-state index contributed by atoms with van der Waals surface area (Å²) < 4.78 is 17.0. The highest BCUT2D eigenvalue weighted by molar-refractivity contribution is 5.89. The van der Waals surface area contributed by atoms with Crippen molar-refractivity contribution in [2.24, 2.45) is 0 Å². The molecule has 0 aliphatic carbocycles. The quantitative estimate of drug-likeness (QED) is 0.668. The molecule has 2 aliphatic rings. The van der Waals surface area contributed by atoms with Crippen molar-refractivity contribution >= 4 is 11.7 Å². The fraction of sp³-hybridized carbons (Fsp3) is 0.562. The molecular weight excluding hydrogens is 270 g/mol. The van der Waals surface area contributed by atoms with Crippen LogP contribution < -0.4 is 5.73 Å². The van der Waals surface area contributed by atoms with Crippen molar-refractivity contribution < 1.29 is 19.0 Å². The van der Waals surface area contributed by atoms with Gasteiger partial charge in [-0.15, -0.1) is 0 Å². The Morgan fingerprint density at radius 2 is 1.90 bits per heavy atom. The fourth-order valence-electron chi connectivity index (χ4n) is 3.01. The van der Waals surface area contributed by atoms with Crippen LogP contribution in [0.3, 0.4) is 0 Å². The van der Waals surface area contributed by atoms with E-state index in [1.165, 1.54) is 0 Å². The summed E-state index contributed by atoms with van der Waals surface area (Å²) >= 11 is 0. The number of esters is 1. The first-order valence-corrected chi connectivity index (χ1v) is 7.45. The van der Waals surface area contributed by atoms with Gasteiger partial charge >= 0.3 is 5.97 Å². The zero-order valence-corrected chi connectivity index (χ0v) is 12.0. The summed E-state index contributed by atoms with van der Waals surface area (Å²) in [7, 11) is 0. The van der Waals surface area contributed by atoms with Crippen molar-refractivity contribution in [2.45, 2.75) is 37.4 Å². The molecule has 0 radical (unpaired) electrons. The summed E-state index contributed by atoms with van der Waals surface area (Å²) in [4.78, 5) is 12.2. The molecule has 21 heavy (non-hydrogen) atoms. The predicted octanol–water partition coefficient (Wildman–Crippen LogP) is 2.15. The highest BCUT2D eigenvalue weighted by atomic mass is 16.6. The Bertz CT molecular complexity index is 488. The zero-order chi connectivity index (χ0) is 14.7. The molecule has 0 amide bonds. The van der Waals surface area contributed by atoms with Crippen LogP contribution in [-0.2, 0) is 14.2 Å². The van der Waals surface area contributed by atoms with Gasteiger partial charge in [-0.2, -0.15) is 0 Å². The van der Waals surface area contributed by atoms with Crippen molar-refractivity contribution in [3.05, 3.63) is 29.8 Å². The minimum absolute atomic E-state index is 0.0816. The van der Waals surface area contributed by atoms with Crippen molar-refractivity contribution in [1.82, 2.24) is 0 Å². The standard InChI is InChI=1S/C16H21NO4/c17-13-3-1-12(2-4-13)15(18)21-14-5-8-20-16(11-14)6-9-19-10-7-16/h1-4,14H,5-11,17H2. The predicted molar refractivity (Wildman–Crippen MR) is 78.0 cm³/mol. The monoisotopic (exact) mass is 291 g/mol. The van der Waals surface area contributed by atoms with Gasteiger partial charge in [-0.05, 0) is 37.1 Å². The highest BCUT2D eigenvalue weighted by Gasteiger charge is 2.40. The van der Waals surface area contributed by atoms with Crippen LogP contribution in [0.4, 0.5) is 5.69 Å². The van der Waals surface area contributed by atoms with Gasteiger partial charge in [0, 0.05) is 31.7 Å². The van der Waals surface area contributed by atoms with E-state index in [1.54, 1.807) is 24.3 Å². The number of ether oxygens (including phenoxy) is 3. The summed E-state index contributed by atoms with van der Waals surface area (Å²) in [5.74, 6) is -0.288. The number of benzene rings is 1. The average Bonchev–Trinajstić information content (AvgIpc) is 2.49. The Hall–Kier alpha value is -1.59. The molecule has 0 bridgehead atoms. The molecule has 1 unspecified atom stereocenters. The van der Waals surface area contributed by atoms with E-state index in [4.69, 9.17) is 19.9 Å². The van der Waals surface area contributed by atoms with E-state index in [2.05, 4.69) is 0 Å². The lowest BCUT2D eigenvalue weighted by molar-refractivity contribution is -0.160. The van der Waals surface area contributed by atoms with Gasteiger partial charge in [0.05, 0.1) is 17.8 Å². The summed E-state index contributed by atoms with van der Waals surface area (Å²) in [6, 6.07) is 6.81. The average molecular weight is 291 g/mol. The molecule has 2 aliphatic heterocycles. The maximum absolute atomic E-state index is 12.2. The molecular formula is C16H21NO4. The number of anilines is 1. The third-order valence-electron chi connectivity index (χ3n) is 4.27. The summed E-state index contributed by atoms with van der Waals surface area (Å²) in [5.41, 5.74) is 6.64. The summed E-state index contributed by atoms with van der Waals surface area (Å²) in [6.45, 7) is 2.08. The van der Waals surface area contributed by atoms with E-state index in [-0.39, 0.29) is 17.7 Å². The molecule has 1 aromatic rings. The Morgan fingerprint density at radius 1 is 1.19 bits per heavy atom. The van der Waals surface area contributed by atoms with E-state index >= 15 is 0 Å². The number of carbonyl (C=O) groups is 1. The van der Waals surface area contributed by atoms with Gasteiger partial charge in [0.2, 0.25) is 0 Å². The van der Waals surface area contributed by atoms with E-state index in [9.17, 15) is 4.79 Å². The highest BCUT2D eigenvalue weighted by Crippen LogP contribution is 2.35. The van der Waals surface area contributed by atoms with Gasteiger partial charge in [0.15, 0.2) is 0 Å². The Labute approximate surface area is 124 Å². The lowest BCUT2D eigenvalue weighted by Crippen LogP contribution is -2.47. The number of nitrogens with two attached hydrogens (primary N) is 1. The second-order valence-corrected chi connectivity index (χ2v) is 5.79. The van der Waals surface area contributed by atoms with Crippen LogP contribution in [0.5, 0.6) is 0 Å². The minimum atomic E-state index is -0.288. The number of carbonyl (C=O) groups excluding carboxylic acids is 1. The molecule has 0 aromatic heterocycles. The van der Waals surface area contributed by atoms with Crippen molar-refractivity contribution in [3.63, 3.8) is 0 Å². The maximum atomic E-state index is 12.2. The smallest absolute Gasteiger partial charge is 0.338 e. The first-order chi connectivity index (χ1) is 10.2. The van der Waals surface area contributed by atoms with Crippen LogP contribution in [0.25, 0.3) is 0 Å².